The van der Waals surface area contributed by atoms with Crippen LogP contribution in [0.5, 0.6) is 5.75 Å². The maximum Gasteiger partial charge on any atom is 0.417 e. The number of carbonyl (C=O) groups is 3. The van der Waals surface area contributed by atoms with Crippen molar-refractivity contribution < 1.29 is 37.0 Å². The number of amides is 2. The molecule has 0 saturated carbocycles. The second-order valence-electron chi connectivity index (χ2n) is 5.65. The molecular weight excluding hydrogens is 397 g/mol. The minimum atomic E-state index is -4.69. The third kappa shape index (κ3) is 6.19. The van der Waals surface area contributed by atoms with Crippen LogP contribution in [0.4, 0.5) is 13.2 Å². The van der Waals surface area contributed by atoms with E-state index in [1.165, 1.54) is 31.4 Å². The first-order chi connectivity index (χ1) is 13.6. The molecule has 0 saturated heterocycles. The average molecular weight is 412 g/mol. The van der Waals surface area contributed by atoms with E-state index in [-0.39, 0.29) is 5.56 Å². The number of imide groups is 1. The summed E-state index contributed by atoms with van der Waals surface area (Å²) in [5.74, 6) is -2.32. The van der Waals surface area contributed by atoms with Crippen molar-refractivity contribution >= 4 is 17.8 Å². The number of ether oxygens (including phenoxy) is 2. The Bertz CT molecular complexity index is 967. The summed E-state index contributed by atoms with van der Waals surface area (Å²) in [6, 6.07) is 7.08. The summed E-state index contributed by atoms with van der Waals surface area (Å²) >= 11 is 0. The van der Waals surface area contributed by atoms with Crippen LogP contribution in [0.1, 0.15) is 15.9 Å². The zero-order valence-electron chi connectivity index (χ0n) is 15.0. The van der Waals surface area contributed by atoms with Gasteiger partial charge in [0.05, 0.1) is 12.7 Å². The van der Waals surface area contributed by atoms with E-state index in [9.17, 15) is 32.3 Å². The molecule has 0 aliphatic carbocycles. The van der Waals surface area contributed by atoms with Gasteiger partial charge in [-0.25, -0.2) is 0 Å². The molecule has 2 aromatic rings. The van der Waals surface area contributed by atoms with Gasteiger partial charge in [0.2, 0.25) is 0 Å². The highest BCUT2D eigenvalue weighted by molar-refractivity contribution is 6.05. The summed E-state index contributed by atoms with van der Waals surface area (Å²) in [7, 11) is 1.44. The molecule has 1 aromatic carbocycles. The van der Waals surface area contributed by atoms with Crippen LogP contribution in [0.25, 0.3) is 0 Å². The molecule has 154 valence electrons. The monoisotopic (exact) mass is 412 g/mol. The number of halogens is 3. The van der Waals surface area contributed by atoms with Crippen LogP contribution in [0.2, 0.25) is 0 Å². The number of nitrogens with one attached hydrogen (secondary N) is 1. The van der Waals surface area contributed by atoms with Crippen LogP contribution in [0, 0.1) is 0 Å². The van der Waals surface area contributed by atoms with E-state index >= 15 is 0 Å². The van der Waals surface area contributed by atoms with Gasteiger partial charge >= 0.3 is 12.1 Å². The number of hydrogen-bond acceptors (Lipinski definition) is 6. The molecular formula is C18H15F3N2O6. The molecule has 1 aromatic heterocycles. The first-order valence-corrected chi connectivity index (χ1v) is 8.01. The molecule has 0 spiro atoms. The second kappa shape index (κ2) is 9.04. The summed E-state index contributed by atoms with van der Waals surface area (Å²) in [4.78, 5) is 46.9. The van der Waals surface area contributed by atoms with Crippen LogP contribution in [0.3, 0.4) is 0 Å². The normalized spacial score (nSPS) is 10.9. The van der Waals surface area contributed by atoms with Gasteiger partial charge in [0.1, 0.15) is 12.3 Å². The van der Waals surface area contributed by atoms with Crippen molar-refractivity contribution in [2.45, 2.75) is 12.7 Å². The standard InChI is InChI=1S/C18H15F3N2O6/c1-28-13-5-2-11(3-6-13)17(27)22-14(24)10-29-16(26)9-23-8-12(18(19,20)21)4-7-15(23)25/h2-8H,9-10H2,1H3,(H,22,24,27). The molecule has 29 heavy (non-hydrogen) atoms. The highest BCUT2D eigenvalue weighted by Gasteiger charge is 2.31. The molecule has 2 amide bonds. The lowest BCUT2D eigenvalue weighted by molar-refractivity contribution is -0.149. The Morgan fingerprint density at radius 2 is 1.72 bits per heavy atom. The lowest BCUT2D eigenvalue weighted by Gasteiger charge is -2.10. The molecule has 0 bridgehead atoms. The Labute approximate surface area is 161 Å². The minimum Gasteiger partial charge on any atom is -0.497 e. The topological polar surface area (TPSA) is 104 Å². The number of benzene rings is 1. The van der Waals surface area contributed by atoms with Gasteiger partial charge in [0, 0.05) is 17.8 Å². The molecule has 0 atom stereocenters. The summed E-state index contributed by atoms with van der Waals surface area (Å²) in [5, 5.41) is 1.98. The smallest absolute Gasteiger partial charge is 0.417 e. The average Bonchev–Trinajstić information content (AvgIpc) is 2.67. The number of carbonyl (C=O) groups excluding carboxylic acids is 3. The fourth-order valence-electron chi connectivity index (χ4n) is 2.13. The van der Waals surface area contributed by atoms with Crippen molar-refractivity contribution in [2.24, 2.45) is 0 Å². The third-order valence-corrected chi connectivity index (χ3v) is 3.58. The maximum absolute atomic E-state index is 12.7. The van der Waals surface area contributed by atoms with Crippen molar-refractivity contribution in [3.63, 3.8) is 0 Å². The maximum atomic E-state index is 12.7. The fourth-order valence-corrected chi connectivity index (χ4v) is 2.13. The quantitative estimate of drug-likeness (QED) is 0.719. The molecule has 0 unspecified atom stereocenters. The lowest BCUT2D eigenvalue weighted by atomic mass is 10.2. The van der Waals surface area contributed by atoms with E-state index in [1.807, 2.05) is 5.32 Å². The number of aromatic nitrogens is 1. The number of methoxy groups -OCH3 is 1. The van der Waals surface area contributed by atoms with Gasteiger partial charge in [-0.1, -0.05) is 0 Å². The van der Waals surface area contributed by atoms with E-state index in [1.54, 1.807) is 0 Å². The minimum absolute atomic E-state index is 0.154. The number of nitrogens with zero attached hydrogens (tertiary/aromatic N) is 1. The van der Waals surface area contributed by atoms with Gasteiger partial charge in [0.25, 0.3) is 17.4 Å². The molecule has 0 fully saturated rings. The SMILES string of the molecule is COc1ccc(C(=O)NC(=O)COC(=O)Cn2cc(C(F)(F)F)ccc2=O)cc1. The van der Waals surface area contributed by atoms with E-state index in [4.69, 9.17) is 4.74 Å². The highest BCUT2D eigenvalue weighted by Crippen LogP contribution is 2.27. The predicted molar refractivity (Wildman–Crippen MR) is 92.1 cm³/mol. The summed E-state index contributed by atoms with van der Waals surface area (Å²) < 4.78 is 48.1. The van der Waals surface area contributed by atoms with Crippen LogP contribution < -0.4 is 15.6 Å². The number of alkyl halides is 3. The summed E-state index contributed by atoms with van der Waals surface area (Å²) in [6.07, 6.45) is -4.22. The van der Waals surface area contributed by atoms with Gasteiger partial charge < -0.3 is 14.0 Å². The van der Waals surface area contributed by atoms with Crippen molar-refractivity contribution in [1.82, 2.24) is 9.88 Å². The van der Waals surface area contributed by atoms with Gasteiger partial charge in [-0.15, -0.1) is 0 Å². The molecule has 8 nitrogen and oxygen atoms in total. The Hall–Kier alpha value is -3.63. The Morgan fingerprint density at radius 3 is 2.31 bits per heavy atom. The van der Waals surface area contributed by atoms with Crippen molar-refractivity contribution in [2.75, 3.05) is 13.7 Å². The highest BCUT2D eigenvalue weighted by atomic mass is 19.4. The van der Waals surface area contributed by atoms with Crippen molar-refractivity contribution in [3.8, 4) is 5.75 Å². The van der Waals surface area contributed by atoms with Crippen molar-refractivity contribution in [1.29, 1.82) is 0 Å². The molecule has 2 rings (SSSR count). The number of hydrogen-bond donors (Lipinski definition) is 1. The third-order valence-electron chi connectivity index (χ3n) is 3.58. The largest absolute Gasteiger partial charge is 0.497 e. The Kier molecular flexibility index (Phi) is 6.75. The van der Waals surface area contributed by atoms with E-state index in [0.717, 1.165) is 0 Å². The fraction of sp³-hybridized carbons (Fsp3) is 0.222. The van der Waals surface area contributed by atoms with E-state index < -0.39 is 48.2 Å². The molecule has 0 aliphatic heterocycles. The zero-order valence-corrected chi connectivity index (χ0v) is 15.0. The lowest BCUT2D eigenvalue weighted by Crippen LogP contribution is -2.35. The van der Waals surface area contributed by atoms with Gasteiger partial charge in [-0.05, 0) is 30.3 Å². The van der Waals surface area contributed by atoms with E-state index in [0.29, 0.717) is 28.6 Å². The predicted octanol–water partition coefficient (Wildman–Crippen LogP) is 1.38. The van der Waals surface area contributed by atoms with Gasteiger partial charge in [0.15, 0.2) is 6.61 Å². The number of pyridine rings is 1. The van der Waals surface area contributed by atoms with Gasteiger partial charge in [-0.3, -0.25) is 24.5 Å². The zero-order chi connectivity index (χ0) is 21.6. The Morgan fingerprint density at radius 1 is 1.07 bits per heavy atom. The molecule has 0 radical (unpaired) electrons. The first-order valence-electron chi connectivity index (χ1n) is 8.01. The van der Waals surface area contributed by atoms with Crippen LogP contribution in [0.15, 0.2) is 47.4 Å². The van der Waals surface area contributed by atoms with Crippen LogP contribution >= 0.6 is 0 Å². The molecule has 1 heterocycles. The van der Waals surface area contributed by atoms with Crippen molar-refractivity contribution in [3.05, 3.63) is 64.1 Å². The summed E-state index contributed by atoms with van der Waals surface area (Å²) in [6.45, 7) is -1.68. The molecule has 1 N–H and O–H groups in total. The Balaban J connectivity index is 1.89. The number of esters is 1. The van der Waals surface area contributed by atoms with Crippen LogP contribution in [-0.4, -0.2) is 36.1 Å². The summed E-state index contributed by atoms with van der Waals surface area (Å²) in [5.41, 5.74) is -1.82. The second-order valence-corrected chi connectivity index (χ2v) is 5.65. The number of rotatable bonds is 6. The van der Waals surface area contributed by atoms with Crippen LogP contribution in [-0.2, 0) is 27.0 Å². The molecule has 11 heteroatoms. The molecule has 0 aliphatic rings. The van der Waals surface area contributed by atoms with Gasteiger partial charge in [-0.2, -0.15) is 13.2 Å². The first kappa shape index (κ1) is 21.7. The van der Waals surface area contributed by atoms with E-state index in [2.05, 4.69) is 4.74 Å².